The van der Waals surface area contributed by atoms with E-state index in [0.717, 1.165) is 0 Å². The average molecular weight is 370 g/mol. The number of ether oxygens (including phenoxy) is 3. The third kappa shape index (κ3) is 4.31. The Kier molecular flexibility index (Phi) is 5.49. The zero-order valence-electron chi connectivity index (χ0n) is 15.5. The molecule has 3 rings (SSSR count). The molecule has 2 aromatic rings. The largest absolute Gasteiger partial charge is 0.494 e. The first-order chi connectivity index (χ1) is 13.0. The third-order valence-electron chi connectivity index (χ3n) is 3.93. The molecular weight excluding hydrogens is 348 g/mol. The van der Waals surface area contributed by atoms with Gasteiger partial charge in [-0.2, -0.15) is 0 Å². The average Bonchev–Trinajstić information content (AvgIpc) is 2.63. The van der Waals surface area contributed by atoms with Crippen molar-refractivity contribution >= 4 is 23.2 Å². The second kappa shape index (κ2) is 7.99. The Morgan fingerprint density at radius 2 is 1.78 bits per heavy atom. The van der Waals surface area contributed by atoms with Crippen molar-refractivity contribution in [1.29, 1.82) is 0 Å². The normalized spacial score (nSPS) is 15.2. The highest BCUT2D eigenvalue weighted by Crippen LogP contribution is 2.32. The molecule has 1 unspecified atom stereocenters. The van der Waals surface area contributed by atoms with Gasteiger partial charge in [0.15, 0.2) is 6.10 Å². The summed E-state index contributed by atoms with van der Waals surface area (Å²) in [7, 11) is 0. The summed E-state index contributed by atoms with van der Waals surface area (Å²) in [4.78, 5) is 24.4. The minimum Gasteiger partial charge on any atom is -0.494 e. The third-order valence-corrected chi connectivity index (χ3v) is 3.93. The summed E-state index contributed by atoms with van der Waals surface area (Å²) >= 11 is 0. The van der Waals surface area contributed by atoms with Gasteiger partial charge >= 0.3 is 0 Å². The molecule has 0 saturated carbocycles. The van der Waals surface area contributed by atoms with Crippen LogP contribution in [0.25, 0.3) is 0 Å². The maximum atomic E-state index is 12.7. The highest BCUT2D eigenvalue weighted by Gasteiger charge is 2.23. The molecule has 1 heterocycles. The van der Waals surface area contributed by atoms with Crippen LogP contribution in [0.4, 0.5) is 11.4 Å². The Balaban J connectivity index is 1.81. The van der Waals surface area contributed by atoms with Gasteiger partial charge in [0.25, 0.3) is 11.8 Å². The van der Waals surface area contributed by atoms with Crippen molar-refractivity contribution in [2.24, 2.45) is 0 Å². The number of amides is 2. The lowest BCUT2D eigenvalue weighted by Crippen LogP contribution is -2.34. The van der Waals surface area contributed by atoms with Gasteiger partial charge in [0.1, 0.15) is 17.2 Å². The van der Waals surface area contributed by atoms with Crippen molar-refractivity contribution < 1.29 is 23.8 Å². The van der Waals surface area contributed by atoms with E-state index in [4.69, 9.17) is 14.2 Å². The van der Waals surface area contributed by atoms with Crippen molar-refractivity contribution in [3.63, 3.8) is 0 Å². The Hall–Kier alpha value is -3.22. The van der Waals surface area contributed by atoms with Crippen LogP contribution >= 0.6 is 0 Å². The molecule has 0 radical (unpaired) electrons. The van der Waals surface area contributed by atoms with E-state index >= 15 is 0 Å². The second-order valence-corrected chi connectivity index (χ2v) is 5.97. The lowest BCUT2D eigenvalue weighted by Gasteiger charge is -2.23. The summed E-state index contributed by atoms with van der Waals surface area (Å²) in [6.07, 6.45) is -0.545. The van der Waals surface area contributed by atoms with Crippen LogP contribution in [0.1, 0.15) is 31.1 Å². The van der Waals surface area contributed by atoms with Gasteiger partial charge in [0.2, 0.25) is 0 Å². The molecule has 0 fully saturated rings. The van der Waals surface area contributed by atoms with E-state index in [0.29, 0.717) is 47.4 Å². The summed E-state index contributed by atoms with van der Waals surface area (Å²) < 4.78 is 16.5. The van der Waals surface area contributed by atoms with E-state index in [-0.39, 0.29) is 11.8 Å². The molecule has 0 saturated heterocycles. The highest BCUT2D eigenvalue weighted by atomic mass is 16.5. The number of fused-ring (bicyclic) bond motifs is 1. The molecule has 7 heteroatoms. The van der Waals surface area contributed by atoms with Crippen LogP contribution in [0.3, 0.4) is 0 Å². The second-order valence-electron chi connectivity index (χ2n) is 5.97. The monoisotopic (exact) mass is 370 g/mol. The molecule has 1 atom stereocenters. The van der Waals surface area contributed by atoms with Crippen LogP contribution in [0.15, 0.2) is 36.4 Å². The van der Waals surface area contributed by atoms with E-state index in [2.05, 4.69) is 10.6 Å². The molecule has 2 N–H and O–H groups in total. The predicted molar refractivity (Wildman–Crippen MR) is 102 cm³/mol. The fourth-order valence-electron chi connectivity index (χ4n) is 2.69. The first-order valence-electron chi connectivity index (χ1n) is 8.83. The van der Waals surface area contributed by atoms with Crippen LogP contribution in [-0.2, 0) is 4.79 Å². The lowest BCUT2D eigenvalue weighted by atomic mass is 10.1. The summed E-state index contributed by atoms with van der Waals surface area (Å²) in [5.41, 5.74) is 1.47. The van der Waals surface area contributed by atoms with E-state index in [1.165, 1.54) is 0 Å². The van der Waals surface area contributed by atoms with Crippen LogP contribution < -0.4 is 24.8 Å². The quantitative estimate of drug-likeness (QED) is 0.813. The van der Waals surface area contributed by atoms with E-state index in [1.807, 2.05) is 13.8 Å². The Bertz CT molecular complexity index is 841. The molecule has 2 aromatic carbocycles. The number of hydrogen-bond donors (Lipinski definition) is 2. The molecule has 0 bridgehead atoms. The first-order valence-corrected chi connectivity index (χ1v) is 8.83. The summed E-state index contributed by atoms with van der Waals surface area (Å²) in [5.74, 6) is 1.16. The molecular formula is C20H22N2O5. The topological polar surface area (TPSA) is 85.9 Å². The smallest absolute Gasteiger partial charge is 0.265 e. The van der Waals surface area contributed by atoms with Gasteiger partial charge in [-0.05, 0) is 51.1 Å². The van der Waals surface area contributed by atoms with Crippen molar-refractivity contribution in [2.45, 2.75) is 26.9 Å². The molecule has 0 aliphatic carbocycles. The van der Waals surface area contributed by atoms with Gasteiger partial charge in [-0.3, -0.25) is 9.59 Å². The maximum Gasteiger partial charge on any atom is 0.265 e. The zero-order chi connectivity index (χ0) is 19.4. The Morgan fingerprint density at radius 3 is 2.41 bits per heavy atom. The Labute approximate surface area is 157 Å². The van der Waals surface area contributed by atoms with Gasteiger partial charge in [0, 0.05) is 17.3 Å². The molecule has 0 aromatic heterocycles. The molecule has 7 nitrogen and oxygen atoms in total. The number of benzene rings is 2. The standard InChI is InChI=1S/C20H22N2O5/c1-4-25-15-8-13(9-16(11-15)26-5-2)20(24)21-14-6-7-18-17(10-14)22-19(23)12(3)27-18/h6-12H,4-5H2,1-3H3,(H,21,24)(H,22,23). The highest BCUT2D eigenvalue weighted by molar-refractivity contribution is 6.05. The maximum absolute atomic E-state index is 12.7. The first kappa shape index (κ1) is 18.6. The number of hydrogen-bond acceptors (Lipinski definition) is 5. The van der Waals surface area contributed by atoms with Crippen molar-refractivity contribution in [1.82, 2.24) is 0 Å². The molecule has 27 heavy (non-hydrogen) atoms. The van der Waals surface area contributed by atoms with Crippen molar-refractivity contribution in [2.75, 3.05) is 23.8 Å². The number of carbonyl (C=O) groups excluding carboxylic acids is 2. The summed E-state index contributed by atoms with van der Waals surface area (Å²) in [6, 6.07) is 10.2. The van der Waals surface area contributed by atoms with Gasteiger partial charge in [-0.25, -0.2) is 0 Å². The SMILES string of the molecule is CCOc1cc(OCC)cc(C(=O)Nc2ccc3c(c2)NC(=O)C(C)O3)c1. The van der Waals surface area contributed by atoms with Crippen LogP contribution in [0.2, 0.25) is 0 Å². The van der Waals surface area contributed by atoms with Crippen LogP contribution in [0, 0.1) is 0 Å². The van der Waals surface area contributed by atoms with Gasteiger partial charge in [-0.1, -0.05) is 0 Å². The lowest BCUT2D eigenvalue weighted by molar-refractivity contribution is -0.122. The van der Waals surface area contributed by atoms with E-state index in [1.54, 1.807) is 43.3 Å². The molecule has 1 aliphatic rings. The fraction of sp³-hybridized carbons (Fsp3) is 0.300. The van der Waals surface area contributed by atoms with Gasteiger partial charge in [-0.15, -0.1) is 0 Å². The van der Waals surface area contributed by atoms with Crippen LogP contribution in [-0.4, -0.2) is 31.1 Å². The molecule has 1 aliphatic heterocycles. The minimum absolute atomic E-state index is 0.225. The predicted octanol–water partition coefficient (Wildman–Crippen LogP) is 3.46. The minimum atomic E-state index is -0.545. The van der Waals surface area contributed by atoms with Gasteiger partial charge in [0.05, 0.1) is 18.9 Å². The molecule has 142 valence electrons. The van der Waals surface area contributed by atoms with E-state index in [9.17, 15) is 9.59 Å². The summed E-state index contributed by atoms with van der Waals surface area (Å²) in [6.45, 7) is 6.39. The number of anilines is 2. The molecule has 0 spiro atoms. The van der Waals surface area contributed by atoms with Crippen molar-refractivity contribution in [3.8, 4) is 17.2 Å². The summed E-state index contributed by atoms with van der Waals surface area (Å²) in [5, 5.41) is 5.58. The number of nitrogens with one attached hydrogen (secondary N) is 2. The van der Waals surface area contributed by atoms with E-state index < -0.39 is 6.10 Å². The van der Waals surface area contributed by atoms with Crippen LogP contribution in [0.5, 0.6) is 17.2 Å². The molecule has 2 amide bonds. The number of carbonyl (C=O) groups is 2. The Morgan fingerprint density at radius 1 is 1.11 bits per heavy atom. The van der Waals surface area contributed by atoms with Crippen molar-refractivity contribution in [3.05, 3.63) is 42.0 Å². The number of rotatable bonds is 6. The zero-order valence-corrected chi connectivity index (χ0v) is 15.5. The van der Waals surface area contributed by atoms with Gasteiger partial charge < -0.3 is 24.8 Å². The fourth-order valence-corrected chi connectivity index (χ4v) is 2.69.